The van der Waals surface area contributed by atoms with Crippen LogP contribution >= 0.6 is 0 Å². The molecule has 0 fully saturated rings. The van der Waals surface area contributed by atoms with Gasteiger partial charge in [-0.2, -0.15) is 0 Å². The van der Waals surface area contributed by atoms with Crippen molar-refractivity contribution in [3.05, 3.63) is 60.1 Å². The van der Waals surface area contributed by atoms with Crippen LogP contribution in [-0.2, 0) is 15.8 Å². The van der Waals surface area contributed by atoms with Gasteiger partial charge in [0.15, 0.2) is 5.76 Å². The number of hydrogen-bond donors (Lipinski definition) is 2. The summed E-state index contributed by atoms with van der Waals surface area (Å²) in [4.78, 5) is 18.1. The first-order valence-electron chi connectivity index (χ1n) is 7.50. The molecule has 0 atom stereocenters. The number of fused-ring (bicyclic) bond motifs is 1. The lowest BCUT2D eigenvalue weighted by molar-refractivity contribution is 0.0956. The number of sulfonamides is 1. The molecule has 0 aliphatic rings. The Hall–Kier alpha value is -2.91. The zero-order valence-corrected chi connectivity index (χ0v) is 15.3. The molecule has 0 bridgehead atoms. The number of nitrogens with zero attached hydrogens (tertiary/aromatic N) is 2. The second kappa shape index (κ2) is 7.54. The van der Waals surface area contributed by atoms with Crippen molar-refractivity contribution in [1.29, 1.82) is 0 Å². The quantitative estimate of drug-likeness (QED) is 0.699. The van der Waals surface area contributed by atoms with Gasteiger partial charge in [0.25, 0.3) is 5.91 Å². The Labute approximate surface area is 151 Å². The molecule has 3 aromatic rings. The van der Waals surface area contributed by atoms with E-state index in [4.69, 9.17) is 4.42 Å². The molecule has 138 valence electrons. The number of benzene rings is 1. The molecule has 2 heterocycles. The number of pyridine rings is 1. The van der Waals surface area contributed by atoms with Crippen molar-refractivity contribution in [2.24, 2.45) is 0 Å². The first kappa shape index (κ1) is 19.4. The largest absolute Gasteiger partial charge is 0.451 e. The Bertz CT molecular complexity index is 1010. The highest BCUT2D eigenvalue weighted by atomic mass is 32.2. The highest BCUT2D eigenvalue weighted by Gasteiger charge is 2.20. The van der Waals surface area contributed by atoms with Crippen LogP contribution in [-0.4, -0.2) is 33.4 Å². The monoisotopic (exact) mass is 376 g/mol. The van der Waals surface area contributed by atoms with E-state index in [1.165, 1.54) is 12.3 Å². The molecule has 0 spiro atoms. The van der Waals surface area contributed by atoms with E-state index >= 15 is 0 Å². The van der Waals surface area contributed by atoms with E-state index in [0.717, 1.165) is 11.1 Å². The summed E-state index contributed by atoms with van der Waals surface area (Å²) in [5, 5.41) is 0.720. The lowest BCUT2D eigenvalue weighted by Crippen LogP contribution is -2.31. The number of hydrogen-bond acceptors (Lipinski definition) is 7. The second-order valence-corrected chi connectivity index (χ2v) is 7.46. The average Bonchev–Trinajstić information content (AvgIpc) is 2.98. The van der Waals surface area contributed by atoms with Crippen LogP contribution in [0, 0.1) is 0 Å². The fourth-order valence-electron chi connectivity index (χ4n) is 2.32. The van der Waals surface area contributed by atoms with E-state index in [9.17, 15) is 13.2 Å². The van der Waals surface area contributed by atoms with Gasteiger partial charge >= 0.3 is 0 Å². The van der Waals surface area contributed by atoms with Crippen molar-refractivity contribution in [1.82, 2.24) is 15.9 Å². The number of aromatic nitrogens is 1. The maximum absolute atomic E-state index is 12.2. The van der Waals surface area contributed by atoms with Gasteiger partial charge in [-0.15, -0.1) is 0 Å². The van der Waals surface area contributed by atoms with Gasteiger partial charge in [0.2, 0.25) is 10.0 Å². The van der Waals surface area contributed by atoms with Crippen molar-refractivity contribution < 1.29 is 17.6 Å². The number of furan rings is 1. The lowest BCUT2D eigenvalue weighted by atomic mass is 10.2. The Kier molecular flexibility index (Phi) is 5.63. The van der Waals surface area contributed by atoms with Crippen LogP contribution in [0.15, 0.2) is 53.1 Å². The van der Waals surface area contributed by atoms with Crippen molar-refractivity contribution >= 4 is 32.6 Å². The van der Waals surface area contributed by atoms with E-state index < -0.39 is 15.9 Å². The van der Waals surface area contributed by atoms with Gasteiger partial charge in [-0.1, -0.05) is 6.07 Å². The minimum atomic E-state index is -3.87. The van der Waals surface area contributed by atoms with Gasteiger partial charge in [-0.05, 0) is 30.3 Å². The standard InChI is InChI=1S/C17H17N3O4S.H3N/c1-20(2)14-7-6-12-9-16(24-15(12)10-14)17(21)19-25(22,23)11-13-5-3-4-8-18-13;/h3-10H,11H2,1-2H3,(H,19,21);1H3. The Balaban J connectivity index is 0.00000243. The fourth-order valence-corrected chi connectivity index (χ4v) is 3.33. The van der Waals surface area contributed by atoms with Gasteiger partial charge < -0.3 is 15.5 Å². The van der Waals surface area contributed by atoms with Crippen LogP contribution in [0.25, 0.3) is 11.0 Å². The molecule has 4 N–H and O–H groups in total. The smallest absolute Gasteiger partial charge is 0.300 e. The van der Waals surface area contributed by atoms with Crippen LogP contribution in [0.3, 0.4) is 0 Å². The predicted octanol–water partition coefficient (Wildman–Crippen LogP) is 2.32. The normalized spacial score (nSPS) is 11.0. The molecule has 0 saturated heterocycles. The highest BCUT2D eigenvalue weighted by molar-refractivity contribution is 7.89. The summed E-state index contributed by atoms with van der Waals surface area (Å²) in [6.45, 7) is 0. The summed E-state index contributed by atoms with van der Waals surface area (Å²) < 4.78 is 31.8. The molecule has 9 heteroatoms. The summed E-state index contributed by atoms with van der Waals surface area (Å²) in [5.41, 5.74) is 1.78. The number of nitrogens with one attached hydrogen (secondary N) is 1. The van der Waals surface area contributed by atoms with E-state index in [-0.39, 0.29) is 17.7 Å². The number of anilines is 1. The van der Waals surface area contributed by atoms with Crippen LogP contribution in [0.1, 0.15) is 16.2 Å². The Morgan fingerprint density at radius 3 is 2.62 bits per heavy atom. The lowest BCUT2D eigenvalue weighted by Gasteiger charge is -2.11. The molecule has 0 saturated carbocycles. The van der Waals surface area contributed by atoms with Gasteiger partial charge in [0.1, 0.15) is 11.3 Å². The summed E-state index contributed by atoms with van der Waals surface area (Å²) in [5.74, 6) is -1.25. The molecular weight excluding hydrogens is 356 g/mol. The van der Waals surface area contributed by atoms with Gasteiger partial charge in [0, 0.05) is 37.4 Å². The predicted molar refractivity (Wildman–Crippen MR) is 99.9 cm³/mol. The average molecular weight is 376 g/mol. The van der Waals surface area contributed by atoms with Crippen molar-refractivity contribution in [3.63, 3.8) is 0 Å². The van der Waals surface area contributed by atoms with Crippen LogP contribution in [0.4, 0.5) is 5.69 Å². The molecule has 0 aliphatic carbocycles. The van der Waals surface area contributed by atoms with Gasteiger partial charge in [-0.3, -0.25) is 9.78 Å². The number of carbonyl (C=O) groups excluding carboxylic acids is 1. The summed E-state index contributed by atoms with van der Waals surface area (Å²) in [7, 11) is -0.0897. The molecule has 26 heavy (non-hydrogen) atoms. The zero-order chi connectivity index (χ0) is 18.0. The number of carbonyl (C=O) groups is 1. The fraction of sp³-hybridized carbons (Fsp3) is 0.176. The molecule has 0 aliphatic heterocycles. The molecule has 2 aromatic heterocycles. The number of rotatable bonds is 5. The molecule has 1 aromatic carbocycles. The minimum Gasteiger partial charge on any atom is -0.451 e. The summed E-state index contributed by atoms with van der Waals surface area (Å²) >= 11 is 0. The third-order valence-corrected chi connectivity index (χ3v) is 4.73. The van der Waals surface area contributed by atoms with Crippen molar-refractivity contribution in [2.45, 2.75) is 5.75 Å². The van der Waals surface area contributed by atoms with Crippen LogP contribution < -0.4 is 15.8 Å². The Morgan fingerprint density at radius 1 is 1.19 bits per heavy atom. The minimum absolute atomic E-state index is 0. The number of amides is 1. The van der Waals surface area contributed by atoms with Crippen LogP contribution in [0.2, 0.25) is 0 Å². The van der Waals surface area contributed by atoms with Gasteiger partial charge in [-0.25, -0.2) is 13.1 Å². The third-order valence-electron chi connectivity index (χ3n) is 3.56. The zero-order valence-electron chi connectivity index (χ0n) is 14.5. The first-order valence-corrected chi connectivity index (χ1v) is 9.15. The van der Waals surface area contributed by atoms with Crippen LogP contribution in [0.5, 0.6) is 0 Å². The van der Waals surface area contributed by atoms with E-state index in [1.54, 1.807) is 24.3 Å². The third kappa shape index (κ3) is 4.38. The van der Waals surface area contributed by atoms with Crippen molar-refractivity contribution in [2.75, 3.05) is 19.0 Å². The molecule has 8 nitrogen and oxygen atoms in total. The van der Waals surface area contributed by atoms with E-state index in [1.807, 2.05) is 35.9 Å². The van der Waals surface area contributed by atoms with Crippen molar-refractivity contribution in [3.8, 4) is 0 Å². The second-order valence-electron chi connectivity index (χ2n) is 5.74. The first-order chi connectivity index (χ1) is 11.8. The maximum Gasteiger partial charge on any atom is 0.300 e. The molecule has 1 amide bonds. The van der Waals surface area contributed by atoms with E-state index in [0.29, 0.717) is 11.3 Å². The maximum atomic E-state index is 12.2. The summed E-state index contributed by atoms with van der Waals surface area (Å²) in [6, 6.07) is 11.9. The SMILES string of the molecule is CN(C)c1ccc2cc(C(=O)NS(=O)(=O)Cc3ccccn3)oc2c1.N. The Morgan fingerprint density at radius 2 is 1.96 bits per heavy atom. The molecule has 0 unspecified atom stereocenters. The summed E-state index contributed by atoms with van der Waals surface area (Å²) in [6.07, 6.45) is 1.49. The van der Waals surface area contributed by atoms with Gasteiger partial charge in [0.05, 0.1) is 5.69 Å². The molecule has 0 radical (unpaired) electrons. The highest BCUT2D eigenvalue weighted by Crippen LogP contribution is 2.24. The molecule has 3 rings (SSSR count). The van der Waals surface area contributed by atoms with E-state index in [2.05, 4.69) is 4.98 Å². The topological polar surface area (TPSA) is 128 Å². The molecular formula is C17H20N4O4S.